The molecule has 0 aliphatic heterocycles. The van der Waals surface area contributed by atoms with E-state index >= 15 is 0 Å². The van der Waals surface area contributed by atoms with Crippen molar-refractivity contribution in [1.29, 1.82) is 0 Å². The quantitative estimate of drug-likeness (QED) is 0.710. The number of rotatable bonds is 4. The molecule has 0 N–H and O–H groups in total. The molecule has 82 valence electrons. The van der Waals surface area contributed by atoms with Crippen molar-refractivity contribution < 1.29 is 4.79 Å². The van der Waals surface area contributed by atoms with Crippen molar-refractivity contribution in [1.82, 2.24) is 9.78 Å². The molecule has 0 saturated heterocycles. The zero-order chi connectivity index (χ0) is 10.7. The standard InChI is InChI=1S/C12H18N2O/c1-14-11(8-9-13-14)12(15)7-6-10-4-2-3-5-10/h8-10H,2-7H2,1H3. The molecule has 1 aliphatic rings. The Labute approximate surface area is 90.5 Å². The Hall–Kier alpha value is -1.12. The summed E-state index contributed by atoms with van der Waals surface area (Å²) in [5.74, 6) is 1.03. The van der Waals surface area contributed by atoms with Crippen LogP contribution in [0, 0.1) is 5.92 Å². The van der Waals surface area contributed by atoms with Gasteiger partial charge in [-0.2, -0.15) is 5.10 Å². The number of aryl methyl sites for hydroxylation is 1. The van der Waals surface area contributed by atoms with E-state index in [4.69, 9.17) is 0 Å². The van der Waals surface area contributed by atoms with E-state index in [1.54, 1.807) is 16.9 Å². The third-order valence-corrected chi connectivity index (χ3v) is 3.36. The summed E-state index contributed by atoms with van der Waals surface area (Å²) in [6, 6.07) is 1.80. The molecule has 1 aromatic rings. The molecule has 1 heterocycles. The van der Waals surface area contributed by atoms with Crippen molar-refractivity contribution in [3.63, 3.8) is 0 Å². The first-order valence-electron chi connectivity index (χ1n) is 5.78. The van der Waals surface area contributed by atoms with E-state index in [0.29, 0.717) is 6.42 Å². The molecule has 0 spiro atoms. The van der Waals surface area contributed by atoms with Gasteiger partial charge < -0.3 is 0 Å². The molecular weight excluding hydrogens is 188 g/mol. The first-order valence-corrected chi connectivity index (χ1v) is 5.78. The molecule has 15 heavy (non-hydrogen) atoms. The number of carbonyl (C=O) groups is 1. The van der Waals surface area contributed by atoms with Gasteiger partial charge in [-0.3, -0.25) is 9.48 Å². The molecule has 0 bridgehead atoms. The smallest absolute Gasteiger partial charge is 0.180 e. The normalized spacial score (nSPS) is 17.1. The number of hydrogen-bond donors (Lipinski definition) is 0. The highest BCUT2D eigenvalue weighted by atomic mass is 16.1. The Kier molecular flexibility index (Phi) is 3.19. The maximum absolute atomic E-state index is 11.8. The van der Waals surface area contributed by atoms with E-state index in [1.165, 1.54) is 25.7 Å². The summed E-state index contributed by atoms with van der Waals surface area (Å²) in [4.78, 5) is 11.8. The van der Waals surface area contributed by atoms with Gasteiger partial charge in [0.2, 0.25) is 0 Å². The van der Waals surface area contributed by atoms with Crippen molar-refractivity contribution in [2.45, 2.75) is 38.5 Å². The Bertz CT molecular complexity index is 337. The Morgan fingerprint density at radius 2 is 2.27 bits per heavy atom. The molecule has 1 fully saturated rings. The molecule has 1 saturated carbocycles. The van der Waals surface area contributed by atoms with Crippen LogP contribution in [0.5, 0.6) is 0 Å². The van der Waals surface area contributed by atoms with Gasteiger partial charge in [0.1, 0.15) is 5.69 Å². The fourth-order valence-corrected chi connectivity index (χ4v) is 2.41. The van der Waals surface area contributed by atoms with Gasteiger partial charge in [-0.15, -0.1) is 0 Å². The maximum Gasteiger partial charge on any atom is 0.180 e. The van der Waals surface area contributed by atoms with E-state index in [1.807, 2.05) is 7.05 Å². The van der Waals surface area contributed by atoms with Crippen molar-refractivity contribution in [2.24, 2.45) is 13.0 Å². The van der Waals surface area contributed by atoms with Gasteiger partial charge in [0.05, 0.1) is 0 Å². The highest BCUT2D eigenvalue weighted by Gasteiger charge is 2.17. The van der Waals surface area contributed by atoms with Gasteiger partial charge in [0.25, 0.3) is 0 Å². The SMILES string of the molecule is Cn1nccc1C(=O)CCC1CCCC1. The minimum atomic E-state index is 0.238. The molecule has 0 atom stereocenters. The van der Waals surface area contributed by atoms with Crippen LogP contribution < -0.4 is 0 Å². The van der Waals surface area contributed by atoms with Crippen LogP contribution in [0.1, 0.15) is 49.0 Å². The highest BCUT2D eigenvalue weighted by Crippen LogP contribution is 2.28. The van der Waals surface area contributed by atoms with Crippen LogP contribution in [0.2, 0.25) is 0 Å². The second-order valence-electron chi connectivity index (χ2n) is 4.45. The summed E-state index contributed by atoms with van der Waals surface area (Å²) < 4.78 is 1.66. The molecule has 2 rings (SSSR count). The second-order valence-corrected chi connectivity index (χ2v) is 4.45. The van der Waals surface area contributed by atoms with Gasteiger partial charge >= 0.3 is 0 Å². The minimum Gasteiger partial charge on any atom is -0.292 e. The lowest BCUT2D eigenvalue weighted by atomic mass is 9.99. The summed E-state index contributed by atoms with van der Waals surface area (Å²) in [5, 5.41) is 4.01. The van der Waals surface area contributed by atoms with Crippen LogP contribution in [0.3, 0.4) is 0 Å². The van der Waals surface area contributed by atoms with Crippen molar-refractivity contribution in [3.8, 4) is 0 Å². The van der Waals surface area contributed by atoms with Gasteiger partial charge in [-0.05, 0) is 18.4 Å². The van der Waals surface area contributed by atoms with E-state index < -0.39 is 0 Å². The van der Waals surface area contributed by atoms with Crippen LogP contribution in [0.4, 0.5) is 0 Å². The second kappa shape index (κ2) is 4.60. The maximum atomic E-state index is 11.8. The lowest BCUT2D eigenvalue weighted by molar-refractivity contribution is 0.0964. The first kappa shape index (κ1) is 10.4. The van der Waals surface area contributed by atoms with Gasteiger partial charge in [-0.25, -0.2) is 0 Å². The van der Waals surface area contributed by atoms with E-state index in [-0.39, 0.29) is 5.78 Å². The number of hydrogen-bond acceptors (Lipinski definition) is 2. The molecule has 1 aliphatic carbocycles. The molecule has 0 radical (unpaired) electrons. The average molecular weight is 206 g/mol. The van der Waals surface area contributed by atoms with Crippen molar-refractivity contribution in [2.75, 3.05) is 0 Å². The highest BCUT2D eigenvalue weighted by molar-refractivity contribution is 5.94. The summed E-state index contributed by atoms with van der Waals surface area (Å²) in [7, 11) is 1.82. The number of carbonyl (C=O) groups excluding carboxylic acids is 1. The number of Topliss-reactive ketones (excluding diaryl/α,β-unsaturated/α-hetero) is 1. The Balaban J connectivity index is 1.84. The van der Waals surface area contributed by atoms with Crippen LogP contribution >= 0.6 is 0 Å². The predicted octanol–water partition coefficient (Wildman–Crippen LogP) is 2.57. The molecule has 1 aromatic heterocycles. The topological polar surface area (TPSA) is 34.9 Å². The molecule has 0 amide bonds. The summed E-state index contributed by atoms with van der Waals surface area (Å²) in [5.41, 5.74) is 0.744. The van der Waals surface area contributed by atoms with Crippen LogP contribution in [0.25, 0.3) is 0 Å². The van der Waals surface area contributed by atoms with Gasteiger partial charge in [-0.1, -0.05) is 25.7 Å². The number of aromatic nitrogens is 2. The van der Waals surface area contributed by atoms with Crippen molar-refractivity contribution >= 4 is 5.78 Å². The predicted molar refractivity (Wildman–Crippen MR) is 58.7 cm³/mol. The van der Waals surface area contributed by atoms with E-state index in [2.05, 4.69) is 5.10 Å². The summed E-state index contributed by atoms with van der Waals surface area (Å²) >= 11 is 0. The molecule has 0 aromatic carbocycles. The van der Waals surface area contributed by atoms with E-state index in [0.717, 1.165) is 18.0 Å². The van der Waals surface area contributed by atoms with E-state index in [9.17, 15) is 4.79 Å². The third kappa shape index (κ3) is 2.46. The zero-order valence-electron chi connectivity index (χ0n) is 9.28. The monoisotopic (exact) mass is 206 g/mol. The van der Waals surface area contributed by atoms with Gasteiger partial charge in [0, 0.05) is 19.7 Å². The summed E-state index contributed by atoms with van der Waals surface area (Å²) in [6.45, 7) is 0. The summed E-state index contributed by atoms with van der Waals surface area (Å²) in [6.07, 6.45) is 8.77. The molecule has 3 nitrogen and oxygen atoms in total. The molecule has 3 heteroatoms. The first-order chi connectivity index (χ1) is 7.27. The zero-order valence-corrected chi connectivity index (χ0v) is 9.28. The largest absolute Gasteiger partial charge is 0.292 e. The number of ketones is 1. The molecule has 0 unspecified atom stereocenters. The fourth-order valence-electron chi connectivity index (χ4n) is 2.41. The fraction of sp³-hybridized carbons (Fsp3) is 0.667. The molecular formula is C12H18N2O. The van der Waals surface area contributed by atoms with Crippen LogP contribution in [-0.4, -0.2) is 15.6 Å². The van der Waals surface area contributed by atoms with Gasteiger partial charge in [0.15, 0.2) is 5.78 Å². The lowest BCUT2D eigenvalue weighted by Gasteiger charge is -2.07. The Morgan fingerprint density at radius 3 is 2.87 bits per heavy atom. The minimum absolute atomic E-state index is 0.238. The Morgan fingerprint density at radius 1 is 1.53 bits per heavy atom. The lowest BCUT2D eigenvalue weighted by Crippen LogP contribution is -2.08. The third-order valence-electron chi connectivity index (χ3n) is 3.36. The average Bonchev–Trinajstić information content (AvgIpc) is 2.84. The van der Waals surface area contributed by atoms with Crippen LogP contribution in [0.15, 0.2) is 12.3 Å². The van der Waals surface area contributed by atoms with Crippen molar-refractivity contribution in [3.05, 3.63) is 18.0 Å². The number of nitrogens with zero attached hydrogens (tertiary/aromatic N) is 2. The van der Waals surface area contributed by atoms with Crippen LogP contribution in [-0.2, 0) is 7.05 Å².